The first kappa shape index (κ1) is 9.22. The maximum absolute atomic E-state index is 5.38. The predicted octanol–water partition coefficient (Wildman–Crippen LogP) is 1.72. The van der Waals surface area contributed by atoms with Gasteiger partial charge in [-0.05, 0) is 23.8 Å². The second-order valence-electron chi connectivity index (χ2n) is 4.83. The lowest BCUT2D eigenvalue weighted by molar-refractivity contribution is 0.148. The van der Waals surface area contributed by atoms with Crippen LogP contribution in [0.3, 0.4) is 0 Å². The third-order valence-corrected chi connectivity index (χ3v) is 3.07. The van der Waals surface area contributed by atoms with Gasteiger partial charge >= 0.3 is 0 Å². The molecule has 2 rings (SSSR count). The largest absolute Gasteiger partial charge is 0.377 e. The van der Waals surface area contributed by atoms with Crippen molar-refractivity contribution in [2.75, 3.05) is 19.8 Å². The van der Waals surface area contributed by atoms with E-state index < -0.39 is 0 Å². The second-order valence-corrected chi connectivity index (χ2v) is 4.83. The van der Waals surface area contributed by atoms with Crippen molar-refractivity contribution in [1.29, 1.82) is 0 Å². The van der Waals surface area contributed by atoms with Crippen molar-refractivity contribution >= 4 is 0 Å². The summed E-state index contributed by atoms with van der Waals surface area (Å²) in [4.78, 5) is 0. The van der Waals surface area contributed by atoms with E-state index in [1.54, 1.807) is 0 Å². The second kappa shape index (κ2) is 3.43. The van der Waals surface area contributed by atoms with Gasteiger partial charge in [0.05, 0.1) is 13.2 Å². The number of hydrogen-bond acceptors (Lipinski definition) is 2. The molecule has 0 aromatic heterocycles. The highest BCUT2D eigenvalue weighted by molar-refractivity contribution is 5.10. The quantitative estimate of drug-likeness (QED) is 0.669. The van der Waals surface area contributed by atoms with E-state index in [0.29, 0.717) is 5.41 Å². The van der Waals surface area contributed by atoms with Crippen molar-refractivity contribution in [2.24, 2.45) is 5.41 Å². The van der Waals surface area contributed by atoms with Gasteiger partial charge in [0.25, 0.3) is 0 Å². The standard InChI is InChI=1S/C11H19NO/c1-11(2)6-10(11)12-7-9-4-3-5-13-8-9/h4,10,12H,3,5-8H2,1-2H3. The zero-order valence-corrected chi connectivity index (χ0v) is 8.60. The fourth-order valence-corrected chi connectivity index (χ4v) is 1.80. The molecule has 2 heteroatoms. The van der Waals surface area contributed by atoms with E-state index in [1.807, 2.05) is 0 Å². The van der Waals surface area contributed by atoms with Gasteiger partial charge in [-0.15, -0.1) is 0 Å². The van der Waals surface area contributed by atoms with E-state index in [2.05, 4.69) is 25.2 Å². The highest BCUT2D eigenvalue weighted by Crippen LogP contribution is 2.44. The highest BCUT2D eigenvalue weighted by Gasteiger charge is 2.45. The van der Waals surface area contributed by atoms with Gasteiger partial charge in [-0.25, -0.2) is 0 Å². The molecule has 1 fully saturated rings. The van der Waals surface area contributed by atoms with Crippen LogP contribution in [0.1, 0.15) is 26.7 Å². The van der Waals surface area contributed by atoms with Gasteiger partial charge in [-0.1, -0.05) is 19.9 Å². The van der Waals surface area contributed by atoms with E-state index in [9.17, 15) is 0 Å². The summed E-state index contributed by atoms with van der Waals surface area (Å²) in [5.74, 6) is 0. The van der Waals surface area contributed by atoms with E-state index >= 15 is 0 Å². The molecule has 74 valence electrons. The van der Waals surface area contributed by atoms with Crippen molar-refractivity contribution in [3.8, 4) is 0 Å². The maximum atomic E-state index is 5.38. The molecule has 13 heavy (non-hydrogen) atoms. The predicted molar refractivity (Wildman–Crippen MR) is 53.7 cm³/mol. The fourth-order valence-electron chi connectivity index (χ4n) is 1.80. The molecule has 0 amide bonds. The third-order valence-electron chi connectivity index (χ3n) is 3.07. The van der Waals surface area contributed by atoms with Crippen molar-refractivity contribution in [2.45, 2.75) is 32.7 Å². The summed E-state index contributed by atoms with van der Waals surface area (Å²) in [6, 6.07) is 0.732. The summed E-state index contributed by atoms with van der Waals surface area (Å²) in [6.45, 7) is 7.39. The van der Waals surface area contributed by atoms with Crippen LogP contribution >= 0.6 is 0 Å². The van der Waals surface area contributed by atoms with E-state index in [1.165, 1.54) is 12.0 Å². The Balaban J connectivity index is 1.71. The number of nitrogens with one attached hydrogen (secondary N) is 1. The first-order valence-corrected chi connectivity index (χ1v) is 5.17. The van der Waals surface area contributed by atoms with E-state index in [-0.39, 0.29) is 0 Å². The lowest BCUT2D eigenvalue weighted by Crippen LogP contribution is -2.25. The van der Waals surface area contributed by atoms with E-state index in [0.717, 1.165) is 32.2 Å². The Kier molecular flexibility index (Phi) is 2.43. The minimum Gasteiger partial charge on any atom is -0.377 e. The van der Waals surface area contributed by atoms with Crippen LogP contribution in [0, 0.1) is 5.41 Å². The Morgan fingerprint density at radius 2 is 2.38 bits per heavy atom. The van der Waals surface area contributed by atoms with Crippen LogP contribution in [0.5, 0.6) is 0 Å². The van der Waals surface area contributed by atoms with Crippen LogP contribution in [0.2, 0.25) is 0 Å². The molecule has 1 atom stereocenters. The molecule has 1 N–H and O–H groups in total. The van der Waals surface area contributed by atoms with Gasteiger partial charge in [-0.2, -0.15) is 0 Å². The van der Waals surface area contributed by atoms with Crippen LogP contribution in [0.25, 0.3) is 0 Å². The molecular weight excluding hydrogens is 162 g/mol. The normalized spacial score (nSPS) is 31.2. The van der Waals surface area contributed by atoms with Crippen LogP contribution in [-0.2, 0) is 4.74 Å². The molecule has 1 saturated carbocycles. The molecule has 1 aliphatic heterocycles. The lowest BCUT2D eigenvalue weighted by Gasteiger charge is -2.14. The van der Waals surface area contributed by atoms with Gasteiger partial charge in [0, 0.05) is 12.6 Å². The van der Waals surface area contributed by atoms with Gasteiger partial charge in [0.15, 0.2) is 0 Å². The van der Waals surface area contributed by atoms with Gasteiger partial charge in [0.2, 0.25) is 0 Å². The van der Waals surface area contributed by atoms with Crippen molar-refractivity contribution in [3.05, 3.63) is 11.6 Å². The minimum atomic E-state index is 0.538. The molecule has 1 unspecified atom stereocenters. The summed E-state index contributed by atoms with van der Waals surface area (Å²) >= 11 is 0. The van der Waals surface area contributed by atoms with Crippen LogP contribution in [0.4, 0.5) is 0 Å². The van der Waals surface area contributed by atoms with Gasteiger partial charge in [0.1, 0.15) is 0 Å². The fraction of sp³-hybridized carbons (Fsp3) is 0.818. The first-order chi connectivity index (χ1) is 6.18. The van der Waals surface area contributed by atoms with Crippen LogP contribution < -0.4 is 5.32 Å². The number of ether oxygens (including phenoxy) is 1. The summed E-state index contributed by atoms with van der Waals surface area (Å²) in [5, 5.41) is 3.57. The van der Waals surface area contributed by atoms with Crippen molar-refractivity contribution in [1.82, 2.24) is 5.32 Å². The Hall–Kier alpha value is -0.340. The minimum absolute atomic E-state index is 0.538. The zero-order valence-electron chi connectivity index (χ0n) is 8.60. The Morgan fingerprint density at radius 1 is 1.62 bits per heavy atom. The molecule has 0 saturated heterocycles. The molecule has 1 aliphatic carbocycles. The molecule has 1 heterocycles. The van der Waals surface area contributed by atoms with Gasteiger partial charge < -0.3 is 10.1 Å². The number of rotatable bonds is 3. The molecule has 0 radical (unpaired) electrons. The topological polar surface area (TPSA) is 21.3 Å². The van der Waals surface area contributed by atoms with Crippen LogP contribution in [0.15, 0.2) is 11.6 Å². The smallest absolute Gasteiger partial charge is 0.0689 e. The summed E-state index contributed by atoms with van der Waals surface area (Å²) in [5.41, 5.74) is 1.96. The molecule has 0 aromatic rings. The van der Waals surface area contributed by atoms with Gasteiger partial charge in [-0.3, -0.25) is 0 Å². The first-order valence-electron chi connectivity index (χ1n) is 5.17. The average Bonchev–Trinajstić information content (AvgIpc) is 2.73. The Morgan fingerprint density at radius 3 is 2.92 bits per heavy atom. The Bertz CT molecular complexity index is 220. The number of hydrogen-bond donors (Lipinski definition) is 1. The van der Waals surface area contributed by atoms with Crippen molar-refractivity contribution < 1.29 is 4.74 Å². The molecule has 0 aromatic carbocycles. The highest BCUT2D eigenvalue weighted by atomic mass is 16.5. The molecule has 0 bridgehead atoms. The summed E-state index contributed by atoms with van der Waals surface area (Å²) < 4.78 is 5.38. The lowest BCUT2D eigenvalue weighted by atomic mass is 10.1. The zero-order chi connectivity index (χ0) is 9.31. The average molecular weight is 181 g/mol. The third kappa shape index (κ3) is 2.32. The molecular formula is C11H19NO. The molecule has 2 aliphatic rings. The maximum Gasteiger partial charge on any atom is 0.0689 e. The summed E-state index contributed by atoms with van der Waals surface area (Å²) in [6.07, 6.45) is 4.72. The molecule has 0 spiro atoms. The molecule has 2 nitrogen and oxygen atoms in total. The van der Waals surface area contributed by atoms with E-state index in [4.69, 9.17) is 4.74 Å². The Labute approximate surface area is 80.4 Å². The van der Waals surface area contributed by atoms with Crippen molar-refractivity contribution in [3.63, 3.8) is 0 Å². The SMILES string of the molecule is CC1(C)CC1NCC1=CCCOC1. The van der Waals surface area contributed by atoms with Crippen LogP contribution in [-0.4, -0.2) is 25.8 Å². The summed E-state index contributed by atoms with van der Waals surface area (Å²) in [7, 11) is 0. The monoisotopic (exact) mass is 181 g/mol.